The third-order valence-corrected chi connectivity index (χ3v) is 8.77. The van der Waals surface area contributed by atoms with E-state index < -0.39 is 25.9 Å². The van der Waals surface area contributed by atoms with Gasteiger partial charge >= 0.3 is 0 Å². The molecule has 0 aliphatic carbocycles. The second-order valence-electron chi connectivity index (χ2n) is 8.59. The zero-order valence-electron chi connectivity index (χ0n) is 19.2. The number of carbonyl (C=O) groups excluding carboxylic acids is 1. The lowest BCUT2D eigenvalue weighted by atomic mass is 10.0. The molecule has 1 fully saturated rings. The fraction of sp³-hybridized carbons (Fsp3) is 0.208. The summed E-state index contributed by atoms with van der Waals surface area (Å²) in [4.78, 5) is 14.8. The van der Waals surface area contributed by atoms with E-state index >= 15 is 0 Å². The minimum absolute atomic E-state index is 0.0315. The molecule has 5 rings (SSSR count). The number of nitrogens with zero attached hydrogens (tertiary/aromatic N) is 3. The van der Waals surface area contributed by atoms with Crippen molar-refractivity contribution in [3.05, 3.63) is 72.3 Å². The molecule has 12 heteroatoms. The first-order valence-electron chi connectivity index (χ1n) is 11.1. The Hall–Kier alpha value is -3.61. The van der Waals surface area contributed by atoms with Crippen LogP contribution in [0, 0.1) is 0 Å². The Morgan fingerprint density at radius 2 is 1.67 bits per heavy atom. The summed E-state index contributed by atoms with van der Waals surface area (Å²) < 4.78 is 57.5. The Bertz CT molecular complexity index is 1660. The maximum atomic E-state index is 13.1. The lowest BCUT2D eigenvalue weighted by Gasteiger charge is -2.18. The van der Waals surface area contributed by atoms with Crippen molar-refractivity contribution in [2.45, 2.75) is 22.3 Å². The highest BCUT2D eigenvalue weighted by Gasteiger charge is 2.31. The van der Waals surface area contributed by atoms with E-state index in [1.54, 1.807) is 65.6 Å². The maximum absolute atomic E-state index is 13.1. The third kappa shape index (κ3) is 4.62. The molecule has 0 saturated carbocycles. The summed E-state index contributed by atoms with van der Waals surface area (Å²) in [6, 6.07) is 17.5. The lowest BCUT2D eigenvalue weighted by molar-refractivity contribution is 0.0790. The zero-order chi connectivity index (χ0) is 25.5. The van der Waals surface area contributed by atoms with Crippen LogP contribution >= 0.6 is 0 Å². The van der Waals surface area contributed by atoms with Crippen LogP contribution in [0.5, 0.6) is 0 Å². The van der Waals surface area contributed by atoms with Gasteiger partial charge in [0.1, 0.15) is 10.4 Å². The zero-order valence-corrected chi connectivity index (χ0v) is 20.8. The topological polar surface area (TPSA) is 140 Å². The van der Waals surface area contributed by atoms with Crippen LogP contribution in [0.3, 0.4) is 0 Å². The second-order valence-corrected chi connectivity index (χ2v) is 12.3. The number of hydrogen-bond acceptors (Lipinski definition) is 8. The highest BCUT2D eigenvalue weighted by Crippen LogP contribution is 2.28. The molecule has 3 aromatic carbocycles. The number of sulfone groups is 1. The Kier molecular flexibility index (Phi) is 6.10. The molecule has 1 aliphatic heterocycles. The number of carbonyl (C=O) groups is 1. The number of fused-ring (bicyclic) bond motifs is 1. The molecule has 1 aliphatic rings. The fourth-order valence-corrected chi connectivity index (χ4v) is 6.65. The van der Waals surface area contributed by atoms with Gasteiger partial charge in [-0.2, -0.15) is 0 Å². The summed E-state index contributed by atoms with van der Waals surface area (Å²) in [5.74, 6) is -0.234. The average molecular weight is 527 g/mol. The van der Waals surface area contributed by atoms with Gasteiger partial charge in [0, 0.05) is 36.5 Å². The molecular weight excluding hydrogens is 504 g/mol. The largest absolute Gasteiger partial charge is 0.337 e. The first kappa shape index (κ1) is 24.1. The van der Waals surface area contributed by atoms with E-state index in [0.29, 0.717) is 35.2 Å². The van der Waals surface area contributed by atoms with Crippen LogP contribution in [0.25, 0.3) is 22.2 Å². The van der Waals surface area contributed by atoms with Crippen LogP contribution in [-0.2, 0) is 19.9 Å². The predicted molar refractivity (Wildman–Crippen MR) is 131 cm³/mol. The van der Waals surface area contributed by atoms with E-state index in [2.05, 4.69) is 19.7 Å². The molecule has 186 valence electrons. The SMILES string of the molecule is CS(=O)(=O)c1ccccc1-c1ccc(C(=O)N2CCC(NS(=O)(=O)c3cccc4nonc34)C2)cc1. The standard InChI is InChI=1S/C24H22N4O6S2/c1-35(30,31)21-7-3-2-5-19(21)16-9-11-17(12-10-16)24(29)28-14-13-18(15-28)27-36(32,33)22-8-4-6-20-23(22)26-34-25-20/h2-12,18,27H,13-15H2,1H3. The van der Waals surface area contributed by atoms with Crippen LogP contribution < -0.4 is 4.72 Å². The molecule has 2 heterocycles. The number of hydrogen-bond donors (Lipinski definition) is 1. The van der Waals surface area contributed by atoms with E-state index in [1.165, 1.54) is 6.07 Å². The van der Waals surface area contributed by atoms with Crippen molar-refractivity contribution in [1.82, 2.24) is 19.9 Å². The van der Waals surface area contributed by atoms with E-state index in [9.17, 15) is 21.6 Å². The summed E-state index contributed by atoms with van der Waals surface area (Å²) in [5.41, 5.74) is 2.15. The van der Waals surface area contributed by atoms with E-state index in [-0.39, 0.29) is 27.8 Å². The Morgan fingerprint density at radius 3 is 2.42 bits per heavy atom. The van der Waals surface area contributed by atoms with Crippen molar-refractivity contribution in [3.8, 4) is 11.1 Å². The number of benzene rings is 3. The highest BCUT2D eigenvalue weighted by molar-refractivity contribution is 7.91. The normalized spacial score (nSPS) is 16.5. The third-order valence-electron chi connectivity index (χ3n) is 6.07. The fourth-order valence-electron chi connectivity index (χ4n) is 4.33. The van der Waals surface area contributed by atoms with Gasteiger partial charge in [-0.1, -0.05) is 36.4 Å². The molecule has 4 aromatic rings. The van der Waals surface area contributed by atoms with Gasteiger partial charge in [0.15, 0.2) is 15.4 Å². The maximum Gasteiger partial charge on any atom is 0.253 e. The number of sulfonamides is 1. The molecule has 0 bridgehead atoms. The van der Waals surface area contributed by atoms with E-state index in [0.717, 1.165) is 6.26 Å². The molecule has 1 aromatic heterocycles. The van der Waals surface area contributed by atoms with E-state index in [1.807, 2.05) is 0 Å². The summed E-state index contributed by atoms with van der Waals surface area (Å²) >= 11 is 0. The van der Waals surface area contributed by atoms with Gasteiger partial charge in [0.05, 0.1) is 4.90 Å². The van der Waals surface area contributed by atoms with Crippen molar-refractivity contribution in [2.24, 2.45) is 0 Å². The first-order valence-corrected chi connectivity index (χ1v) is 14.4. The van der Waals surface area contributed by atoms with Gasteiger partial charge in [-0.3, -0.25) is 4.79 Å². The highest BCUT2D eigenvalue weighted by atomic mass is 32.2. The molecule has 1 amide bonds. The van der Waals surface area contributed by atoms with Crippen molar-refractivity contribution < 1.29 is 26.3 Å². The summed E-state index contributed by atoms with van der Waals surface area (Å²) in [7, 11) is -7.32. The Balaban J connectivity index is 1.29. The van der Waals surface area contributed by atoms with Crippen molar-refractivity contribution in [2.75, 3.05) is 19.3 Å². The summed E-state index contributed by atoms with van der Waals surface area (Å²) in [5, 5.41) is 7.36. The Morgan fingerprint density at radius 1 is 0.944 bits per heavy atom. The van der Waals surface area contributed by atoms with Crippen LogP contribution in [-0.4, -0.2) is 63.3 Å². The molecule has 1 atom stereocenters. The Labute approximate surface area is 207 Å². The van der Waals surface area contributed by atoms with Gasteiger partial charge < -0.3 is 4.90 Å². The molecule has 1 saturated heterocycles. The van der Waals surface area contributed by atoms with Gasteiger partial charge in [-0.15, -0.1) is 0 Å². The van der Waals surface area contributed by atoms with Gasteiger partial charge in [0.25, 0.3) is 5.91 Å². The monoisotopic (exact) mass is 526 g/mol. The summed E-state index contributed by atoms with van der Waals surface area (Å²) in [6.07, 6.45) is 1.61. The molecule has 1 N–H and O–H groups in total. The van der Waals surface area contributed by atoms with Crippen molar-refractivity contribution in [3.63, 3.8) is 0 Å². The van der Waals surface area contributed by atoms with Gasteiger partial charge in [-0.05, 0) is 52.6 Å². The summed E-state index contributed by atoms with van der Waals surface area (Å²) in [6.45, 7) is 0.601. The molecule has 36 heavy (non-hydrogen) atoms. The number of aromatic nitrogens is 2. The van der Waals surface area contributed by atoms with Crippen molar-refractivity contribution >= 4 is 36.8 Å². The van der Waals surface area contributed by atoms with Crippen molar-refractivity contribution in [1.29, 1.82) is 0 Å². The van der Waals surface area contributed by atoms with Crippen LogP contribution in [0.1, 0.15) is 16.8 Å². The molecular formula is C24H22N4O6S2. The van der Waals surface area contributed by atoms with Crippen LogP contribution in [0.4, 0.5) is 0 Å². The molecule has 0 radical (unpaired) electrons. The second kappa shape index (κ2) is 9.12. The van der Waals surface area contributed by atoms with Gasteiger partial charge in [-0.25, -0.2) is 26.2 Å². The number of nitrogens with one attached hydrogen (secondary N) is 1. The lowest BCUT2D eigenvalue weighted by Crippen LogP contribution is -2.38. The first-order chi connectivity index (χ1) is 17.1. The quantitative estimate of drug-likeness (QED) is 0.404. The minimum Gasteiger partial charge on any atom is -0.337 e. The molecule has 1 unspecified atom stereocenters. The van der Waals surface area contributed by atoms with Crippen LogP contribution in [0.2, 0.25) is 0 Å². The van der Waals surface area contributed by atoms with E-state index in [4.69, 9.17) is 0 Å². The smallest absolute Gasteiger partial charge is 0.253 e. The molecule has 0 spiro atoms. The minimum atomic E-state index is -3.91. The number of likely N-dealkylation sites (tertiary alicyclic amines) is 1. The number of rotatable bonds is 6. The average Bonchev–Trinajstić information content (AvgIpc) is 3.52. The molecule has 10 nitrogen and oxygen atoms in total. The van der Waals surface area contributed by atoms with Crippen LogP contribution in [0.15, 0.2) is 81.2 Å². The number of amides is 1. The predicted octanol–water partition coefficient (Wildman–Crippen LogP) is 2.49. The van der Waals surface area contributed by atoms with Gasteiger partial charge in [0.2, 0.25) is 10.0 Å².